The lowest BCUT2D eigenvalue weighted by molar-refractivity contribution is -0.0690. The van der Waals surface area contributed by atoms with Gasteiger partial charge in [0.15, 0.2) is 5.78 Å². The van der Waals surface area contributed by atoms with Crippen LogP contribution in [0.25, 0.3) is 0 Å². The van der Waals surface area contributed by atoms with Crippen molar-refractivity contribution in [3.63, 3.8) is 0 Å². The normalized spacial score (nSPS) is 24.7. The van der Waals surface area contributed by atoms with Crippen LogP contribution in [-0.2, 0) is 7.05 Å². The fourth-order valence-electron chi connectivity index (χ4n) is 2.36. The van der Waals surface area contributed by atoms with Crippen molar-refractivity contribution >= 4 is 11.7 Å². The zero-order valence-electron chi connectivity index (χ0n) is 11.7. The van der Waals surface area contributed by atoms with Crippen LogP contribution in [0.4, 0.5) is 0 Å². The summed E-state index contributed by atoms with van der Waals surface area (Å²) in [6, 6.07) is 1.56. The number of aromatic nitrogens is 1. The molecule has 2 unspecified atom stereocenters. The largest absolute Gasteiger partial charge is 0.392 e. The van der Waals surface area contributed by atoms with E-state index in [9.17, 15) is 14.7 Å². The van der Waals surface area contributed by atoms with Crippen molar-refractivity contribution < 1.29 is 14.7 Å². The highest BCUT2D eigenvalue weighted by atomic mass is 16.3. The summed E-state index contributed by atoms with van der Waals surface area (Å²) in [5, 5.41) is 12.6. The lowest BCUT2D eigenvalue weighted by Crippen LogP contribution is -2.61. The summed E-state index contributed by atoms with van der Waals surface area (Å²) in [4.78, 5) is 23.5. The van der Waals surface area contributed by atoms with Gasteiger partial charge < -0.3 is 15.0 Å². The molecule has 0 bridgehead atoms. The molecule has 5 heteroatoms. The van der Waals surface area contributed by atoms with Crippen LogP contribution in [0, 0.1) is 5.41 Å². The molecule has 1 aromatic heterocycles. The first kappa shape index (κ1) is 13.8. The maximum atomic E-state index is 12.2. The third-order valence-electron chi connectivity index (χ3n) is 4.17. The fourth-order valence-corrected chi connectivity index (χ4v) is 2.36. The fraction of sp³-hybridized carbons (Fsp3) is 0.571. The number of nitrogens with zero attached hydrogens (tertiary/aromatic N) is 1. The molecule has 2 atom stereocenters. The van der Waals surface area contributed by atoms with Gasteiger partial charge in [-0.3, -0.25) is 9.59 Å². The molecule has 1 aliphatic carbocycles. The second-order valence-corrected chi connectivity index (χ2v) is 5.88. The first-order chi connectivity index (χ1) is 8.73. The van der Waals surface area contributed by atoms with Crippen molar-refractivity contribution in [2.75, 3.05) is 0 Å². The van der Waals surface area contributed by atoms with Crippen molar-refractivity contribution in [1.29, 1.82) is 0 Å². The minimum absolute atomic E-state index is 0.0364. The highest BCUT2D eigenvalue weighted by molar-refractivity contribution is 5.99. The molecule has 1 fully saturated rings. The van der Waals surface area contributed by atoms with E-state index in [1.807, 2.05) is 13.8 Å². The standard InChI is InChI=1S/C14H20N2O3/c1-8(17)9-5-10(16(4)7-9)13(19)15-11-6-12(18)14(11,2)3/h5,7,11-12,18H,6H2,1-4H3,(H,15,19). The summed E-state index contributed by atoms with van der Waals surface area (Å²) in [5.74, 6) is -0.269. The Labute approximate surface area is 112 Å². The van der Waals surface area contributed by atoms with Crippen molar-refractivity contribution in [2.24, 2.45) is 12.5 Å². The number of nitrogens with one attached hydrogen (secondary N) is 1. The second-order valence-electron chi connectivity index (χ2n) is 5.88. The van der Waals surface area contributed by atoms with Crippen LogP contribution >= 0.6 is 0 Å². The molecule has 1 aliphatic rings. The van der Waals surface area contributed by atoms with Crippen molar-refractivity contribution in [1.82, 2.24) is 9.88 Å². The van der Waals surface area contributed by atoms with E-state index < -0.39 is 0 Å². The van der Waals surface area contributed by atoms with Gasteiger partial charge in [0.1, 0.15) is 5.69 Å². The molecule has 1 heterocycles. The summed E-state index contributed by atoms with van der Waals surface area (Å²) in [7, 11) is 1.74. The number of aliphatic hydroxyl groups excluding tert-OH is 1. The molecule has 2 rings (SSSR count). The number of hydrogen-bond donors (Lipinski definition) is 2. The van der Waals surface area contributed by atoms with Gasteiger partial charge in [0.05, 0.1) is 6.10 Å². The molecule has 0 aromatic carbocycles. The van der Waals surface area contributed by atoms with Crippen LogP contribution in [0.2, 0.25) is 0 Å². The van der Waals surface area contributed by atoms with Crippen molar-refractivity contribution in [2.45, 2.75) is 39.3 Å². The quantitative estimate of drug-likeness (QED) is 0.804. The number of hydrogen-bond acceptors (Lipinski definition) is 3. The van der Waals surface area contributed by atoms with E-state index in [-0.39, 0.29) is 29.3 Å². The lowest BCUT2D eigenvalue weighted by atomic mass is 9.64. The minimum Gasteiger partial charge on any atom is -0.392 e. The second kappa shape index (κ2) is 4.49. The van der Waals surface area contributed by atoms with Crippen molar-refractivity contribution in [3.05, 3.63) is 23.5 Å². The van der Waals surface area contributed by atoms with Gasteiger partial charge >= 0.3 is 0 Å². The van der Waals surface area contributed by atoms with Crippen LogP contribution in [0.1, 0.15) is 48.0 Å². The van der Waals surface area contributed by atoms with E-state index in [4.69, 9.17) is 0 Å². The van der Waals surface area contributed by atoms with Gasteiger partial charge in [-0.05, 0) is 19.4 Å². The van der Waals surface area contributed by atoms with Crippen LogP contribution in [0.3, 0.4) is 0 Å². The number of amides is 1. The van der Waals surface area contributed by atoms with Crippen LogP contribution in [-0.4, -0.2) is 33.5 Å². The first-order valence-electron chi connectivity index (χ1n) is 6.39. The van der Waals surface area contributed by atoms with Gasteiger partial charge in [-0.1, -0.05) is 13.8 Å². The average Bonchev–Trinajstić information content (AvgIpc) is 2.71. The molecular formula is C14H20N2O3. The number of ketones is 1. The Kier molecular flexibility index (Phi) is 3.26. The molecule has 1 saturated carbocycles. The predicted octanol–water partition coefficient (Wildman–Crippen LogP) is 1.12. The van der Waals surface area contributed by atoms with Gasteiger partial charge in [0.2, 0.25) is 0 Å². The molecule has 0 spiro atoms. The Balaban J connectivity index is 2.11. The summed E-state index contributed by atoms with van der Waals surface area (Å²) >= 11 is 0. The third kappa shape index (κ3) is 2.30. The van der Waals surface area contributed by atoms with Gasteiger partial charge in [-0.15, -0.1) is 0 Å². The van der Waals surface area contributed by atoms with E-state index in [2.05, 4.69) is 5.32 Å². The molecule has 0 radical (unpaired) electrons. The predicted molar refractivity (Wildman–Crippen MR) is 71.1 cm³/mol. The molecule has 0 saturated heterocycles. The Bertz CT molecular complexity index is 531. The van der Waals surface area contributed by atoms with E-state index in [0.717, 1.165) is 0 Å². The molecule has 19 heavy (non-hydrogen) atoms. The van der Waals surface area contributed by atoms with E-state index in [1.54, 1.807) is 23.9 Å². The summed E-state index contributed by atoms with van der Waals surface area (Å²) in [5.41, 5.74) is 0.687. The number of aryl methyl sites for hydroxylation is 1. The number of carbonyl (C=O) groups is 2. The maximum absolute atomic E-state index is 12.2. The zero-order valence-corrected chi connectivity index (χ0v) is 11.7. The number of carbonyl (C=O) groups excluding carboxylic acids is 2. The molecular weight excluding hydrogens is 244 g/mol. The summed E-state index contributed by atoms with van der Waals surface area (Å²) in [6.45, 7) is 5.33. The molecule has 5 nitrogen and oxygen atoms in total. The summed E-state index contributed by atoms with van der Waals surface area (Å²) < 4.78 is 1.65. The van der Waals surface area contributed by atoms with Gasteiger partial charge in [-0.25, -0.2) is 0 Å². The molecule has 104 valence electrons. The molecule has 1 amide bonds. The third-order valence-corrected chi connectivity index (χ3v) is 4.17. The number of aliphatic hydroxyl groups is 1. The smallest absolute Gasteiger partial charge is 0.268 e. The topological polar surface area (TPSA) is 71.3 Å². The number of Topliss-reactive ketones (excluding diaryl/α,β-unsaturated/α-hetero) is 1. The molecule has 1 aromatic rings. The van der Waals surface area contributed by atoms with Crippen molar-refractivity contribution in [3.8, 4) is 0 Å². The Morgan fingerprint density at radius 1 is 1.47 bits per heavy atom. The minimum atomic E-state index is -0.376. The Morgan fingerprint density at radius 2 is 2.11 bits per heavy atom. The van der Waals surface area contributed by atoms with E-state index >= 15 is 0 Å². The summed E-state index contributed by atoms with van der Waals surface area (Å²) in [6.07, 6.45) is 1.85. The maximum Gasteiger partial charge on any atom is 0.268 e. The first-order valence-corrected chi connectivity index (χ1v) is 6.39. The van der Waals surface area contributed by atoms with Gasteiger partial charge in [-0.2, -0.15) is 0 Å². The van der Waals surface area contributed by atoms with Gasteiger partial charge in [0.25, 0.3) is 5.91 Å². The monoisotopic (exact) mass is 264 g/mol. The number of rotatable bonds is 3. The SMILES string of the molecule is CC(=O)c1cc(C(=O)NC2CC(O)C2(C)C)n(C)c1. The van der Waals surface area contributed by atoms with Crippen LogP contribution in [0.5, 0.6) is 0 Å². The Hall–Kier alpha value is -1.62. The zero-order chi connectivity index (χ0) is 14.4. The Morgan fingerprint density at radius 3 is 2.53 bits per heavy atom. The van der Waals surface area contributed by atoms with E-state index in [1.165, 1.54) is 6.92 Å². The highest BCUT2D eigenvalue weighted by Gasteiger charge is 2.48. The molecule has 0 aliphatic heterocycles. The van der Waals surface area contributed by atoms with Gasteiger partial charge in [0, 0.05) is 30.3 Å². The van der Waals surface area contributed by atoms with Crippen LogP contribution in [0.15, 0.2) is 12.3 Å². The van der Waals surface area contributed by atoms with E-state index in [0.29, 0.717) is 17.7 Å². The average molecular weight is 264 g/mol. The molecule has 2 N–H and O–H groups in total. The lowest BCUT2D eigenvalue weighted by Gasteiger charge is -2.49. The van der Waals surface area contributed by atoms with Crippen LogP contribution < -0.4 is 5.32 Å². The highest BCUT2D eigenvalue weighted by Crippen LogP contribution is 2.40.